The van der Waals surface area contributed by atoms with Crippen molar-refractivity contribution >= 4 is 33.4 Å². The van der Waals surface area contributed by atoms with E-state index in [0.29, 0.717) is 12.1 Å². The summed E-state index contributed by atoms with van der Waals surface area (Å²) in [5.74, 6) is -0.324. The summed E-state index contributed by atoms with van der Waals surface area (Å²) in [6.45, 7) is 1.93. The lowest BCUT2D eigenvalue weighted by Gasteiger charge is -2.06. The normalized spacial score (nSPS) is 9.76. The van der Waals surface area contributed by atoms with Crippen LogP contribution in [0.1, 0.15) is 19.8 Å². The van der Waals surface area contributed by atoms with Gasteiger partial charge in [0.2, 0.25) is 11.8 Å². The molecule has 17 heavy (non-hydrogen) atoms. The van der Waals surface area contributed by atoms with Gasteiger partial charge in [-0.25, -0.2) is 0 Å². The van der Waals surface area contributed by atoms with Crippen LogP contribution < -0.4 is 10.6 Å². The van der Waals surface area contributed by atoms with E-state index in [1.54, 1.807) is 12.1 Å². The lowest BCUT2D eigenvalue weighted by Crippen LogP contribution is -2.32. The van der Waals surface area contributed by atoms with Crippen molar-refractivity contribution in [3.05, 3.63) is 28.7 Å². The predicted octanol–water partition coefficient (Wildman–Crippen LogP) is 2.30. The number of carbonyl (C=O) groups is 2. The summed E-state index contributed by atoms with van der Waals surface area (Å²) in [6.07, 6.45) is 1.23. The second-order valence-corrected chi connectivity index (χ2v) is 4.50. The Labute approximate surface area is 109 Å². The van der Waals surface area contributed by atoms with E-state index in [1.165, 1.54) is 0 Å². The molecular weight excluding hydrogens is 284 g/mol. The quantitative estimate of drug-likeness (QED) is 0.876. The second-order valence-electron chi connectivity index (χ2n) is 3.58. The topological polar surface area (TPSA) is 58.2 Å². The Bertz CT molecular complexity index is 390. The number of benzene rings is 1. The summed E-state index contributed by atoms with van der Waals surface area (Å²) in [6, 6.07) is 7.25. The van der Waals surface area contributed by atoms with Crippen LogP contribution in [0, 0.1) is 0 Å². The Kier molecular flexibility index (Phi) is 5.69. The molecule has 0 atom stereocenters. The SMILES string of the molecule is CCCC(=O)NCC(=O)Nc1ccc(Br)cc1. The Hall–Kier alpha value is -1.36. The highest BCUT2D eigenvalue weighted by atomic mass is 79.9. The second kappa shape index (κ2) is 7.06. The summed E-state index contributed by atoms with van der Waals surface area (Å²) in [5, 5.41) is 5.25. The molecule has 0 saturated carbocycles. The predicted molar refractivity (Wildman–Crippen MR) is 70.7 cm³/mol. The van der Waals surface area contributed by atoms with E-state index in [2.05, 4.69) is 26.6 Å². The number of rotatable bonds is 5. The van der Waals surface area contributed by atoms with Crippen LogP contribution in [0.2, 0.25) is 0 Å². The van der Waals surface area contributed by atoms with E-state index in [0.717, 1.165) is 10.9 Å². The first kappa shape index (κ1) is 13.7. The Morgan fingerprint density at radius 3 is 2.41 bits per heavy atom. The fourth-order valence-electron chi connectivity index (χ4n) is 1.23. The summed E-state index contributed by atoms with van der Waals surface area (Å²) >= 11 is 3.31. The van der Waals surface area contributed by atoms with Crippen molar-refractivity contribution in [2.75, 3.05) is 11.9 Å². The lowest BCUT2D eigenvalue weighted by atomic mass is 10.3. The Balaban J connectivity index is 2.34. The third-order valence-corrected chi connectivity index (χ3v) is 2.58. The maximum atomic E-state index is 11.5. The number of anilines is 1. The molecule has 1 aromatic carbocycles. The van der Waals surface area contributed by atoms with Gasteiger partial charge in [0.25, 0.3) is 0 Å². The largest absolute Gasteiger partial charge is 0.347 e. The Morgan fingerprint density at radius 2 is 1.82 bits per heavy atom. The van der Waals surface area contributed by atoms with Crippen LogP contribution in [0.25, 0.3) is 0 Å². The average molecular weight is 299 g/mol. The molecule has 4 nitrogen and oxygen atoms in total. The molecule has 1 rings (SSSR count). The van der Waals surface area contributed by atoms with Crippen molar-refractivity contribution in [2.24, 2.45) is 0 Å². The van der Waals surface area contributed by atoms with Crippen LogP contribution in [0.4, 0.5) is 5.69 Å². The maximum absolute atomic E-state index is 11.5. The van der Waals surface area contributed by atoms with Gasteiger partial charge in [-0.05, 0) is 30.7 Å². The molecule has 0 aliphatic rings. The minimum atomic E-state index is -0.225. The fraction of sp³-hybridized carbons (Fsp3) is 0.333. The summed E-state index contributed by atoms with van der Waals surface area (Å²) in [7, 11) is 0. The molecular formula is C12H15BrN2O2. The fourth-order valence-corrected chi connectivity index (χ4v) is 1.50. The van der Waals surface area contributed by atoms with Crippen molar-refractivity contribution in [3.8, 4) is 0 Å². The zero-order valence-electron chi connectivity index (χ0n) is 9.63. The number of nitrogens with one attached hydrogen (secondary N) is 2. The molecule has 0 spiro atoms. The van der Waals surface area contributed by atoms with E-state index in [4.69, 9.17) is 0 Å². The number of hydrogen-bond acceptors (Lipinski definition) is 2. The van der Waals surface area contributed by atoms with Gasteiger partial charge < -0.3 is 10.6 Å². The minimum Gasteiger partial charge on any atom is -0.347 e. The molecule has 92 valence electrons. The summed E-state index contributed by atoms with van der Waals surface area (Å²) in [4.78, 5) is 22.6. The first-order valence-corrected chi connectivity index (χ1v) is 6.23. The molecule has 0 aliphatic carbocycles. The third kappa shape index (κ3) is 5.49. The van der Waals surface area contributed by atoms with Crippen molar-refractivity contribution < 1.29 is 9.59 Å². The van der Waals surface area contributed by atoms with E-state index in [-0.39, 0.29) is 18.4 Å². The Morgan fingerprint density at radius 1 is 1.18 bits per heavy atom. The monoisotopic (exact) mass is 298 g/mol. The first-order chi connectivity index (χ1) is 8.11. The standard InChI is InChI=1S/C12H15BrN2O2/c1-2-3-11(16)14-8-12(17)15-10-6-4-9(13)5-7-10/h4-7H,2-3,8H2,1H3,(H,14,16)(H,15,17). The molecule has 0 radical (unpaired) electrons. The zero-order valence-corrected chi connectivity index (χ0v) is 11.2. The number of halogens is 1. The van der Waals surface area contributed by atoms with Crippen LogP contribution in [0.5, 0.6) is 0 Å². The van der Waals surface area contributed by atoms with Gasteiger partial charge in [0.05, 0.1) is 6.54 Å². The van der Waals surface area contributed by atoms with Gasteiger partial charge in [0.1, 0.15) is 0 Å². The molecule has 0 aliphatic heterocycles. The van der Waals surface area contributed by atoms with Gasteiger partial charge in [-0.1, -0.05) is 22.9 Å². The summed E-state index contributed by atoms with van der Waals surface area (Å²) < 4.78 is 0.951. The smallest absolute Gasteiger partial charge is 0.243 e. The first-order valence-electron chi connectivity index (χ1n) is 5.44. The van der Waals surface area contributed by atoms with Crippen LogP contribution in [0.15, 0.2) is 28.7 Å². The highest BCUT2D eigenvalue weighted by molar-refractivity contribution is 9.10. The molecule has 2 amide bonds. The van der Waals surface area contributed by atoms with Crippen molar-refractivity contribution in [3.63, 3.8) is 0 Å². The van der Waals surface area contributed by atoms with E-state index in [1.807, 2.05) is 19.1 Å². The lowest BCUT2D eigenvalue weighted by molar-refractivity contribution is -0.124. The number of hydrogen-bond donors (Lipinski definition) is 2. The molecule has 0 heterocycles. The molecule has 0 fully saturated rings. The maximum Gasteiger partial charge on any atom is 0.243 e. The van der Waals surface area contributed by atoms with Gasteiger partial charge >= 0.3 is 0 Å². The van der Waals surface area contributed by atoms with Crippen LogP contribution in [-0.4, -0.2) is 18.4 Å². The highest BCUT2D eigenvalue weighted by Crippen LogP contribution is 2.13. The molecule has 2 N–H and O–H groups in total. The molecule has 0 bridgehead atoms. The molecule has 0 unspecified atom stereocenters. The number of carbonyl (C=O) groups excluding carboxylic acids is 2. The van der Waals surface area contributed by atoms with Gasteiger partial charge in [-0.2, -0.15) is 0 Å². The molecule has 1 aromatic rings. The van der Waals surface area contributed by atoms with Gasteiger partial charge in [-0.3, -0.25) is 9.59 Å². The van der Waals surface area contributed by atoms with Gasteiger partial charge in [-0.15, -0.1) is 0 Å². The zero-order chi connectivity index (χ0) is 12.7. The van der Waals surface area contributed by atoms with Gasteiger partial charge in [0, 0.05) is 16.6 Å². The molecule has 0 saturated heterocycles. The van der Waals surface area contributed by atoms with Crippen molar-refractivity contribution in [1.29, 1.82) is 0 Å². The average Bonchev–Trinajstić information content (AvgIpc) is 2.30. The van der Waals surface area contributed by atoms with E-state index in [9.17, 15) is 9.59 Å². The van der Waals surface area contributed by atoms with Crippen LogP contribution in [-0.2, 0) is 9.59 Å². The number of amides is 2. The summed E-state index contributed by atoms with van der Waals surface area (Å²) in [5.41, 5.74) is 0.711. The van der Waals surface area contributed by atoms with Crippen molar-refractivity contribution in [2.45, 2.75) is 19.8 Å². The molecule has 0 aromatic heterocycles. The van der Waals surface area contributed by atoms with Crippen LogP contribution in [0.3, 0.4) is 0 Å². The third-order valence-electron chi connectivity index (χ3n) is 2.05. The van der Waals surface area contributed by atoms with Gasteiger partial charge in [0.15, 0.2) is 0 Å². The minimum absolute atomic E-state index is 0.00883. The van der Waals surface area contributed by atoms with Crippen LogP contribution >= 0.6 is 15.9 Å². The highest BCUT2D eigenvalue weighted by Gasteiger charge is 2.04. The molecule has 5 heteroatoms. The van der Waals surface area contributed by atoms with Crippen molar-refractivity contribution in [1.82, 2.24) is 5.32 Å². The van der Waals surface area contributed by atoms with E-state index >= 15 is 0 Å². The van der Waals surface area contributed by atoms with E-state index < -0.39 is 0 Å².